The number of thiophene rings is 1. The Kier molecular flexibility index (Phi) is 1.97. The fraction of sp³-hybridized carbons (Fsp3) is 0. The number of benzene rings is 2. The van der Waals surface area contributed by atoms with Crippen LogP contribution in [0.5, 0.6) is 0 Å². The van der Waals surface area contributed by atoms with Crippen molar-refractivity contribution in [2.45, 2.75) is 0 Å². The lowest BCUT2D eigenvalue weighted by Crippen LogP contribution is -1.98. The summed E-state index contributed by atoms with van der Waals surface area (Å²) in [5.41, 5.74) is 4.23. The van der Waals surface area contributed by atoms with E-state index >= 15 is 0 Å². The zero-order chi connectivity index (χ0) is 12.1. The normalized spacial score (nSPS) is 11.6. The standard InChI is InChI=1S/C14H9BN2S/c15-8-5-6-9-12(7-8)18-14-13(9)16-10-3-1-2-4-11(10)17-14/h1-7H,15H2. The number of fused-ring (bicyclic) bond motifs is 4. The van der Waals surface area contributed by atoms with Gasteiger partial charge < -0.3 is 0 Å². The molecule has 0 bridgehead atoms. The Hall–Kier alpha value is -1.94. The molecule has 0 radical (unpaired) electrons. The molecule has 0 saturated heterocycles. The maximum absolute atomic E-state index is 4.74. The third-order valence-electron chi connectivity index (χ3n) is 3.14. The lowest BCUT2D eigenvalue weighted by molar-refractivity contribution is 1.43. The number of nitrogens with zero attached hydrogens (tertiary/aromatic N) is 2. The Morgan fingerprint density at radius 1 is 0.944 bits per heavy atom. The van der Waals surface area contributed by atoms with Crippen LogP contribution in [0.4, 0.5) is 0 Å². The molecule has 2 nitrogen and oxygen atoms in total. The van der Waals surface area contributed by atoms with Gasteiger partial charge in [-0.1, -0.05) is 35.8 Å². The van der Waals surface area contributed by atoms with Crippen molar-refractivity contribution in [2.75, 3.05) is 0 Å². The predicted molar refractivity (Wildman–Crippen MR) is 80.6 cm³/mol. The summed E-state index contributed by atoms with van der Waals surface area (Å²) in [6.07, 6.45) is 0. The smallest absolute Gasteiger partial charge is 0.143 e. The van der Waals surface area contributed by atoms with E-state index in [1.807, 2.05) is 24.3 Å². The molecule has 0 aliphatic carbocycles. The van der Waals surface area contributed by atoms with Gasteiger partial charge in [0.25, 0.3) is 0 Å². The van der Waals surface area contributed by atoms with Crippen molar-refractivity contribution in [1.82, 2.24) is 9.97 Å². The van der Waals surface area contributed by atoms with Crippen molar-refractivity contribution in [2.24, 2.45) is 0 Å². The fourth-order valence-electron chi connectivity index (χ4n) is 2.24. The van der Waals surface area contributed by atoms with Gasteiger partial charge >= 0.3 is 0 Å². The Morgan fingerprint density at radius 3 is 2.56 bits per heavy atom. The summed E-state index contributed by atoms with van der Waals surface area (Å²) in [4.78, 5) is 10.5. The molecule has 0 aliphatic rings. The summed E-state index contributed by atoms with van der Waals surface area (Å²) in [5, 5.41) is 1.21. The molecule has 18 heavy (non-hydrogen) atoms. The van der Waals surface area contributed by atoms with E-state index in [1.54, 1.807) is 11.3 Å². The summed E-state index contributed by atoms with van der Waals surface area (Å²) in [5.74, 6) is 0. The largest absolute Gasteiger partial charge is 0.243 e. The molecule has 84 valence electrons. The van der Waals surface area contributed by atoms with Crippen LogP contribution in [-0.4, -0.2) is 17.8 Å². The van der Waals surface area contributed by atoms with Crippen LogP contribution in [0.25, 0.3) is 31.5 Å². The van der Waals surface area contributed by atoms with Crippen LogP contribution in [0.3, 0.4) is 0 Å². The lowest BCUT2D eigenvalue weighted by Gasteiger charge is -1.96. The van der Waals surface area contributed by atoms with E-state index in [9.17, 15) is 0 Å². The summed E-state index contributed by atoms with van der Waals surface area (Å²) in [6.45, 7) is 0. The molecule has 2 heterocycles. The summed E-state index contributed by atoms with van der Waals surface area (Å²) in [6, 6.07) is 14.5. The molecule has 4 heteroatoms. The Bertz CT molecular complexity index is 898. The van der Waals surface area contributed by atoms with E-state index < -0.39 is 0 Å². The zero-order valence-electron chi connectivity index (χ0n) is 9.84. The van der Waals surface area contributed by atoms with Gasteiger partial charge in [-0.05, 0) is 12.1 Å². The number of rotatable bonds is 0. The van der Waals surface area contributed by atoms with Crippen molar-refractivity contribution < 1.29 is 0 Å². The molecular formula is C14H9BN2S. The average Bonchev–Trinajstić information content (AvgIpc) is 2.72. The van der Waals surface area contributed by atoms with Gasteiger partial charge in [0, 0.05) is 10.1 Å². The van der Waals surface area contributed by atoms with Crippen LogP contribution in [0.15, 0.2) is 42.5 Å². The number of hydrogen-bond acceptors (Lipinski definition) is 3. The van der Waals surface area contributed by atoms with Crippen LogP contribution >= 0.6 is 11.3 Å². The Balaban J connectivity index is 2.23. The quantitative estimate of drug-likeness (QED) is 0.446. The number of aromatic nitrogens is 2. The molecular weight excluding hydrogens is 239 g/mol. The summed E-state index contributed by atoms with van der Waals surface area (Å²) >= 11 is 1.72. The highest BCUT2D eigenvalue weighted by Gasteiger charge is 2.08. The molecule has 0 unspecified atom stereocenters. The molecule has 4 rings (SSSR count). The van der Waals surface area contributed by atoms with E-state index in [4.69, 9.17) is 9.97 Å². The molecule has 0 aliphatic heterocycles. The van der Waals surface area contributed by atoms with Gasteiger partial charge in [-0.2, -0.15) is 0 Å². The first-order valence-electron chi connectivity index (χ1n) is 5.87. The van der Waals surface area contributed by atoms with E-state index in [2.05, 4.69) is 26.0 Å². The maximum Gasteiger partial charge on any atom is 0.143 e. The highest BCUT2D eigenvalue weighted by molar-refractivity contribution is 7.25. The molecule has 0 spiro atoms. The highest BCUT2D eigenvalue weighted by atomic mass is 32.1. The van der Waals surface area contributed by atoms with Gasteiger partial charge in [-0.15, -0.1) is 11.3 Å². The lowest BCUT2D eigenvalue weighted by atomic mass is 9.96. The minimum atomic E-state index is 0.963. The van der Waals surface area contributed by atoms with Crippen LogP contribution in [-0.2, 0) is 0 Å². The second-order valence-corrected chi connectivity index (χ2v) is 5.50. The zero-order valence-corrected chi connectivity index (χ0v) is 10.7. The first-order valence-corrected chi connectivity index (χ1v) is 6.68. The molecule has 0 N–H and O–H groups in total. The third kappa shape index (κ3) is 1.36. The first-order chi connectivity index (χ1) is 8.81. The highest BCUT2D eigenvalue weighted by Crippen LogP contribution is 2.31. The topological polar surface area (TPSA) is 25.8 Å². The predicted octanol–water partition coefficient (Wildman–Crippen LogP) is 2.26. The van der Waals surface area contributed by atoms with Crippen LogP contribution < -0.4 is 5.46 Å². The minimum Gasteiger partial charge on any atom is -0.243 e. The first kappa shape index (κ1) is 10.0. The van der Waals surface area contributed by atoms with Gasteiger partial charge in [-0.25, -0.2) is 9.97 Å². The van der Waals surface area contributed by atoms with Gasteiger partial charge in [0.1, 0.15) is 18.2 Å². The van der Waals surface area contributed by atoms with Crippen molar-refractivity contribution >= 4 is 56.1 Å². The fourth-order valence-corrected chi connectivity index (χ4v) is 3.37. The Labute approximate surface area is 109 Å². The average molecular weight is 248 g/mol. The van der Waals surface area contributed by atoms with Crippen LogP contribution in [0.1, 0.15) is 0 Å². The Morgan fingerprint density at radius 2 is 1.72 bits per heavy atom. The number of para-hydroxylation sites is 2. The molecule has 2 aromatic carbocycles. The monoisotopic (exact) mass is 248 g/mol. The maximum atomic E-state index is 4.74. The van der Waals surface area contributed by atoms with Crippen molar-refractivity contribution in [3.8, 4) is 0 Å². The van der Waals surface area contributed by atoms with Crippen molar-refractivity contribution in [3.63, 3.8) is 0 Å². The van der Waals surface area contributed by atoms with Crippen LogP contribution in [0, 0.1) is 0 Å². The van der Waals surface area contributed by atoms with E-state index in [0.29, 0.717) is 0 Å². The molecule has 4 aromatic rings. The molecule has 2 aromatic heterocycles. The molecule has 0 saturated carbocycles. The van der Waals surface area contributed by atoms with E-state index in [0.717, 1.165) is 21.4 Å². The van der Waals surface area contributed by atoms with Crippen molar-refractivity contribution in [1.29, 1.82) is 0 Å². The molecule has 0 atom stereocenters. The number of hydrogen-bond donors (Lipinski definition) is 0. The molecule has 0 fully saturated rings. The minimum absolute atomic E-state index is 0.963. The molecule has 0 amide bonds. The summed E-state index contributed by atoms with van der Waals surface area (Å²) < 4.78 is 1.26. The van der Waals surface area contributed by atoms with Gasteiger partial charge in [0.05, 0.1) is 11.0 Å². The van der Waals surface area contributed by atoms with Crippen molar-refractivity contribution in [3.05, 3.63) is 42.5 Å². The van der Waals surface area contributed by atoms with E-state index in [-0.39, 0.29) is 0 Å². The van der Waals surface area contributed by atoms with Gasteiger partial charge in [0.15, 0.2) is 0 Å². The van der Waals surface area contributed by atoms with E-state index in [1.165, 1.54) is 15.5 Å². The SMILES string of the molecule is Bc1ccc2c(c1)sc1nc3ccccc3nc12. The van der Waals surface area contributed by atoms with Gasteiger partial charge in [-0.3, -0.25) is 0 Å². The van der Waals surface area contributed by atoms with Crippen LogP contribution in [0.2, 0.25) is 0 Å². The second-order valence-electron chi connectivity index (χ2n) is 4.47. The summed E-state index contributed by atoms with van der Waals surface area (Å²) in [7, 11) is 2.11. The second kappa shape index (κ2) is 3.53. The third-order valence-corrected chi connectivity index (χ3v) is 4.17. The van der Waals surface area contributed by atoms with Gasteiger partial charge in [0.2, 0.25) is 0 Å².